The number of aryl methyl sites for hydroxylation is 1. The van der Waals surface area contributed by atoms with E-state index in [1.807, 2.05) is 42.5 Å². The SMILES string of the molecule is CCCOc1ccc(C(O)c2ccccc2CC)cc1. The molecule has 2 aromatic rings. The molecule has 0 bridgehead atoms. The summed E-state index contributed by atoms with van der Waals surface area (Å²) < 4.78 is 5.56. The fourth-order valence-electron chi connectivity index (χ4n) is 2.27. The zero-order chi connectivity index (χ0) is 14.4. The zero-order valence-electron chi connectivity index (χ0n) is 12.2. The van der Waals surface area contributed by atoms with Crippen molar-refractivity contribution in [3.63, 3.8) is 0 Å². The Morgan fingerprint density at radius 1 is 1.00 bits per heavy atom. The minimum Gasteiger partial charge on any atom is -0.494 e. The van der Waals surface area contributed by atoms with E-state index in [1.54, 1.807) is 0 Å². The van der Waals surface area contributed by atoms with Crippen molar-refractivity contribution in [2.75, 3.05) is 6.61 Å². The minimum absolute atomic E-state index is 0.577. The number of aliphatic hydroxyl groups excluding tert-OH is 1. The summed E-state index contributed by atoms with van der Waals surface area (Å²) in [7, 11) is 0. The van der Waals surface area contributed by atoms with Gasteiger partial charge in [-0.2, -0.15) is 0 Å². The van der Waals surface area contributed by atoms with E-state index in [0.717, 1.165) is 36.3 Å². The second-order valence-electron chi connectivity index (χ2n) is 4.87. The van der Waals surface area contributed by atoms with Crippen molar-refractivity contribution in [1.82, 2.24) is 0 Å². The Hall–Kier alpha value is -1.80. The standard InChI is InChI=1S/C18H22O2/c1-3-13-20-16-11-9-15(10-12-16)18(19)17-8-6-5-7-14(17)4-2/h5-12,18-19H,3-4,13H2,1-2H3. The Morgan fingerprint density at radius 2 is 1.70 bits per heavy atom. The van der Waals surface area contributed by atoms with Gasteiger partial charge < -0.3 is 9.84 Å². The third-order valence-corrected chi connectivity index (χ3v) is 3.40. The maximum absolute atomic E-state index is 10.5. The molecule has 20 heavy (non-hydrogen) atoms. The van der Waals surface area contributed by atoms with Gasteiger partial charge in [0.25, 0.3) is 0 Å². The number of hydrogen-bond donors (Lipinski definition) is 1. The van der Waals surface area contributed by atoms with Gasteiger partial charge in [0.1, 0.15) is 11.9 Å². The minimum atomic E-state index is -0.577. The summed E-state index contributed by atoms with van der Waals surface area (Å²) in [4.78, 5) is 0. The normalized spacial score (nSPS) is 12.2. The summed E-state index contributed by atoms with van der Waals surface area (Å²) in [5, 5.41) is 10.5. The highest BCUT2D eigenvalue weighted by Crippen LogP contribution is 2.26. The third-order valence-electron chi connectivity index (χ3n) is 3.40. The topological polar surface area (TPSA) is 29.5 Å². The molecule has 106 valence electrons. The maximum Gasteiger partial charge on any atom is 0.119 e. The van der Waals surface area contributed by atoms with Gasteiger partial charge in [-0.15, -0.1) is 0 Å². The van der Waals surface area contributed by atoms with Crippen LogP contribution in [0.25, 0.3) is 0 Å². The number of aliphatic hydroxyl groups is 1. The Morgan fingerprint density at radius 3 is 2.35 bits per heavy atom. The Labute approximate surface area is 121 Å². The highest BCUT2D eigenvalue weighted by Gasteiger charge is 2.13. The molecule has 2 nitrogen and oxygen atoms in total. The van der Waals surface area contributed by atoms with Crippen LogP contribution in [0.1, 0.15) is 43.1 Å². The van der Waals surface area contributed by atoms with Gasteiger partial charge in [0, 0.05) is 0 Å². The van der Waals surface area contributed by atoms with Gasteiger partial charge in [0.2, 0.25) is 0 Å². The van der Waals surface area contributed by atoms with Gasteiger partial charge in [-0.25, -0.2) is 0 Å². The third kappa shape index (κ3) is 3.40. The van der Waals surface area contributed by atoms with Crippen LogP contribution in [0.15, 0.2) is 48.5 Å². The first-order valence-electron chi connectivity index (χ1n) is 7.24. The van der Waals surface area contributed by atoms with Crippen LogP contribution in [0, 0.1) is 0 Å². The number of rotatable bonds is 6. The molecule has 0 fully saturated rings. The summed E-state index contributed by atoms with van der Waals surface area (Å²) in [5.74, 6) is 0.853. The number of hydrogen-bond acceptors (Lipinski definition) is 2. The molecule has 1 unspecified atom stereocenters. The van der Waals surface area contributed by atoms with Crippen molar-refractivity contribution in [2.45, 2.75) is 32.8 Å². The van der Waals surface area contributed by atoms with E-state index in [-0.39, 0.29) is 0 Å². The van der Waals surface area contributed by atoms with Crippen LogP contribution in [0.4, 0.5) is 0 Å². The van der Waals surface area contributed by atoms with E-state index in [2.05, 4.69) is 19.9 Å². The maximum atomic E-state index is 10.5. The van der Waals surface area contributed by atoms with Crippen LogP contribution < -0.4 is 4.74 Å². The number of benzene rings is 2. The van der Waals surface area contributed by atoms with Gasteiger partial charge in [0.15, 0.2) is 0 Å². The summed E-state index contributed by atoms with van der Waals surface area (Å²) in [5.41, 5.74) is 3.07. The van der Waals surface area contributed by atoms with Gasteiger partial charge in [-0.1, -0.05) is 50.2 Å². The molecule has 2 rings (SSSR count). The average molecular weight is 270 g/mol. The van der Waals surface area contributed by atoms with Gasteiger partial charge >= 0.3 is 0 Å². The number of ether oxygens (including phenoxy) is 1. The first-order valence-corrected chi connectivity index (χ1v) is 7.24. The highest BCUT2D eigenvalue weighted by molar-refractivity contribution is 5.37. The Bertz CT molecular complexity index is 531. The van der Waals surface area contributed by atoms with Crippen molar-refractivity contribution in [2.24, 2.45) is 0 Å². The molecule has 0 radical (unpaired) electrons. The molecule has 0 aromatic heterocycles. The summed E-state index contributed by atoms with van der Waals surface area (Å²) in [6.45, 7) is 4.91. The molecule has 2 aromatic carbocycles. The van der Waals surface area contributed by atoms with E-state index in [1.165, 1.54) is 5.56 Å². The molecule has 0 aliphatic carbocycles. The quantitative estimate of drug-likeness (QED) is 0.855. The van der Waals surface area contributed by atoms with Crippen LogP contribution >= 0.6 is 0 Å². The molecular formula is C18H22O2. The van der Waals surface area contributed by atoms with Crippen LogP contribution in [-0.2, 0) is 6.42 Å². The lowest BCUT2D eigenvalue weighted by molar-refractivity contribution is 0.219. The van der Waals surface area contributed by atoms with Crippen molar-refractivity contribution in [3.8, 4) is 5.75 Å². The molecule has 0 saturated carbocycles. The molecule has 0 aliphatic heterocycles. The lowest BCUT2D eigenvalue weighted by atomic mass is 9.95. The second kappa shape index (κ2) is 7.11. The molecule has 0 heterocycles. The molecule has 0 aliphatic rings. The molecule has 2 heteroatoms. The van der Waals surface area contributed by atoms with Crippen molar-refractivity contribution in [3.05, 3.63) is 65.2 Å². The van der Waals surface area contributed by atoms with Gasteiger partial charge in [-0.3, -0.25) is 0 Å². The lowest BCUT2D eigenvalue weighted by Crippen LogP contribution is -2.03. The summed E-state index contributed by atoms with van der Waals surface area (Å²) >= 11 is 0. The average Bonchev–Trinajstić information content (AvgIpc) is 2.52. The van der Waals surface area contributed by atoms with Crippen molar-refractivity contribution in [1.29, 1.82) is 0 Å². The fraction of sp³-hybridized carbons (Fsp3) is 0.333. The predicted octanol–water partition coefficient (Wildman–Crippen LogP) is 4.12. The first kappa shape index (κ1) is 14.6. The monoisotopic (exact) mass is 270 g/mol. The lowest BCUT2D eigenvalue weighted by Gasteiger charge is -2.15. The second-order valence-corrected chi connectivity index (χ2v) is 4.87. The van der Waals surface area contributed by atoms with Crippen LogP contribution in [-0.4, -0.2) is 11.7 Å². The van der Waals surface area contributed by atoms with Crippen molar-refractivity contribution >= 4 is 0 Å². The van der Waals surface area contributed by atoms with E-state index >= 15 is 0 Å². The van der Waals surface area contributed by atoms with Gasteiger partial charge in [-0.05, 0) is 41.7 Å². The molecule has 0 amide bonds. The molecule has 0 spiro atoms. The van der Waals surface area contributed by atoms with E-state index in [0.29, 0.717) is 0 Å². The van der Waals surface area contributed by atoms with E-state index in [4.69, 9.17) is 4.74 Å². The first-order chi connectivity index (χ1) is 9.76. The Kier molecular flexibility index (Phi) is 5.19. The van der Waals surface area contributed by atoms with Crippen LogP contribution in [0.2, 0.25) is 0 Å². The smallest absolute Gasteiger partial charge is 0.119 e. The van der Waals surface area contributed by atoms with E-state index in [9.17, 15) is 5.11 Å². The molecule has 0 saturated heterocycles. The molecule has 1 N–H and O–H groups in total. The largest absolute Gasteiger partial charge is 0.494 e. The van der Waals surface area contributed by atoms with Gasteiger partial charge in [0.05, 0.1) is 6.61 Å². The summed E-state index contributed by atoms with van der Waals surface area (Å²) in [6.07, 6.45) is 1.34. The summed E-state index contributed by atoms with van der Waals surface area (Å²) in [6, 6.07) is 15.7. The van der Waals surface area contributed by atoms with E-state index < -0.39 is 6.10 Å². The molecular weight excluding hydrogens is 248 g/mol. The Balaban J connectivity index is 2.18. The van der Waals surface area contributed by atoms with Crippen LogP contribution in [0.3, 0.4) is 0 Å². The molecule has 1 atom stereocenters. The van der Waals surface area contributed by atoms with Crippen molar-refractivity contribution < 1.29 is 9.84 Å². The predicted molar refractivity (Wildman–Crippen MR) is 82.1 cm³/mol. The zero-order valence-corrected chi connectivity index (χ0v) is 12.2. The fourth-order valence-corrected chi connectivity index (χ4v) is 2.27. The van der Waals surface area contributed by atoms with Crippen LogP contribution in [0.5, 0.6) is 5.75 Å². The highest BCUT2D eigenvalue weighted by atomic mass is 16.5.